The van der Waals surface area contributed by atoms with Gasteiger partial charge in [-0.05, 0) is 95.8 Å². The number of hydrogen-bond donors (Lipinski definition) is 0. The van der Waals surface area contributed by atoms with Crippen LogP contribution < -0.4 is 9.80 Å². The summed E-state index contributed by atoms with van der Waals surface area (Å²) in [6.45, 7) is 4.40. The Bertz CT molecular complexity index is 5640. The molecule has 0 aliphatic rings. The van der Waals surface area contributed by atoms with Crippen LogP contribution in [-0.2, 0) is 12.8 Å². The zero-order chi connectivity index (χ0) is 57.9. The Labute approximate surface area is 505 Å². The van der Waals surface area contributed by atoms with E-state index in [1.54, 1.807) is 0 Å². The summed E-state index contributed by atoms with van der Waals surface area (Å²) in [5.74, 6) is 0. The summed E-state index contributed by atoms with van der Waals surface area (Å²) in [6.07, 6.45) is 1.77. The first-order valence-electron chi connectivity index (χ1n) is 30.7. The maximum Gasteiger partial charge on any atom is 0.159 e. The van der Waals surface area contributed by atoms with Crippen molar-refractivity contribution in [3.05, 3.63) is 278 Å². The van der Waals surface area contributed by atoms with Crippen molar-refractivity contribution >= 4 is 154 Å². The van der Waals surface area contributed by atoms with E-state index in [1.807, 2.05) is 0 Å². The van der Waals surface area contributed by atoms with Gasteiger partial charge in [-0.1, -0.05) is 220 Å². The first-order chi connectivity index (χ1) is 43.6. The van der Waals surface area contributed by atoms with Crippen LogP contribution in [0.25, 0.3) is 142 Å². The van der Waals surface area contributed by atoms with E-state index in [0.717, 1.165) is 113 Å². The van der Waals surface area contributed by atoms with Crippen LogP contribution in [0, 0.1) is 0 Å². The third-order valence-corrected chi connectivity index (χ3v) is 19.1. The van der Waals surface area contributed by atoms with Gasteiger partial charge in [0.25, 0.3) is 0 Å². The largest absolute Gasteiger partial charge is 0.454 e. The molecule has 13 aromatic carbocycles. The lowest BCUT2D eigenvalue weighted by molar-refractivity contribution is 0.663. The van der Waals surface area contributed by atoms with Crippen molar-refractivity contribution in [2.45, 2.75) is 26.7 Å². The second kappa shape index (κ2) is 18.6. The Morgan fingerprint density at radius 3 is 1.05 bits per heavy atom. The third-order valence-electron chi connectivity index (χ3n) is 19.1. The van der Waals surface area contributed by atoms with Crippen molar-refractivity contribution in [1.29, 1.82) is 0 Å². The van der Waals surface area contributed by atoms with Crippen LogP contribution in [-0.4, -0.2) is 8.80 Å². The molecule has 0 saturated carbocycles. The van der Waals surface area contributed by atoms with Crippen LogP contribution >= 0.6 is 0 Å². The van der Waals surface area contributed by atoms with Gasteiger partial charge in [0.15, 0.2) is 11.2 Å². The van der Waals surface area contributed by atoms with Gasteiger partial charge in [-0.15, -0.1) is 0 Å². The second-order valence-electron chi connectivity index (χ2n) is 23.6. The molecule has 6 aromatic heterocycles. The average Bonchev–Trinajstić information content (AvgIpc) is 1.51. The number of para-hydroxylation sites is 8. The quantitative estimate of drug-likeness (QED) is 0.137. The van der Waals surface area contributed by atoms with Gasteiger partial charge < -0.3 is 27.4 Å². The Balaban J connectivity index is 0.943. The Morgan fingerprint density at radius 1 is 0.284 bits per heavy atom. The number of aryl methyl sites for hydroxylation is 2. The number of anilines is 6. The third kappa shape index (κ3) is 6.66. The summed E-state index contributed by atoms with van der Waals surface area (Å²) >= 11 is 0. The van der Waals surface area contributed by atoms with E-state index in [1.165, 1.54) is 87.4 Å². The molecule has 19 aromatic rings. The highest BCUT2D eigenvalue weighted by Crippen LogP contribution is 2.55. The van der Waals surface area contributed by atoms with Gasteiger partial charge in [0, 0.05) is 98.5 Å². The molecule has 0 spiro atoms. The fraction of sp³-hybridized carbons (Fsp3) is 0.0488. The van der Waals surface area contributed by atoms with Crippen molar-refractivity contribution in [2.75, 3.05) is 9.80 Å². The first kappa shape index (κ1) is 49.0. The molecule has 0 N–H and O–H groups in total. The second-order valence-corrected chi connectivity index (χ2v) is 23.6. The minimum absolute atomic E-state index is 0.869. The molecule has 0 fully saturated rings. The van der Waals surface area contributed by atoms with Crippen LogP contribution in [0.3, 0.4) is 0 Å². The number of nitrogens with zero attached hydrogens (tertiary/aromatic N) is 4. The number of benzene rings is 13. The van der Waals surface area contributed by atoms with Crippen LogP contribution in [0.4, 0.5) is 34.1 Å². The molecule has 0 amide bonds. The van der Waals surface area contributed by atoms with Gasteiger partial charge in [0.1, 0.15) is 11.2 Å². The molecule has 6 heteroatoms. The standard InChI is InChI=1S/C82H54N4O2/c1-3-49-27-17-35-61-63-37-21-41-67(81(63)87-79(49)61)83(53-29-13-7-14-30-53)55-43-45-57-59-33-19-39-65-73-72(52-25-11-6-12-26-52)78-74(71(51-23-9-5-10-24-51)77(73)85(75(59)65)69(57)47-55)66-40-20-34-60-58-46-44-56(48-70(58)86(78)76(60)66)84(54-31-15-8-16-32-54)68-42-22-38-64-62-36-18-28-50(4-2)80(62)88-82(64)68/h5-48H,3-4H2,1-2H3. The molecule has 6 heterocycles. The van der Waals surface area contributed by atoms with Gasteiger partial charge in [-0.2, -0.15) is 0 Å². The minimum Gasteiger partial charge on any atom is -0.454 e. The van der Waals surface area contributed by atoms with Crippen LogP contribution in [0.2, 0.25) is 0 Å². The molecule has 88 heavy (non-hydrogen) atoms. The normalized spacial score (nSPS) is 12.3. The van der Waals surface area contributed by atoms with Crippen LogP contribution in [0.15, 0.2) is 276 Å². The van der Waals surface area contributed by atoms with Gasteiger partial charge >= 0.3 is 0 Å². The molecule has 6 nitrogen and oxygen atoms in total. The number of hydrogen-bond acceptors (Lipinski definition) is 4. The molecule has 0 saturated heterocycles. The molecule has 19 rings (SSSR count). The highest BCUT2D eigenvalue weighted by Gasteiger charge is 2.32. The summed E-state index contributed by atoms with van der Waals surface area (Å²) in [6, 6.07) is 98.2. The summed E-state index contributed by atoms with van der Waals surface area (Å²) in [7, 11) is 0. The molecule has 0 atom stereocenters. The highest BCUT2D eigenvalue weighted by atomic mass is 16.3. The van der Waals surface area contributed by atoms with E-state index in [0.29, 0.717) is 0 Å². The van der Waals surface area contributed by atoms with E-state index in [2.05, 4.69) is 299 Å². The summed E-state index contributed by atoms with van der Waals surface area (Å²) in [4.78, 5) is 4.78. The minimum atomic E-state index is 0.869. The smallest absolute Gasteiger partial charge is 0.159 e. The van der Waals surface area contributed by atoms with Crippen molar-refractivity contribution < 1.29 is 8.83 Å². The van der Waals surface area contributed by atoms with E-state index >= 15 is 0 Å². The predicted octanol–water partition coefficient (Wildman–Crippen LogP) is 23.2. The Morgan fingerprint density at radius 2 is 0.636 bits per heavy atom. The SMILES string of the molecule is CCc1cccc2c1oc1c(N(c3ccccc3)c3ccc4c5cccc6c7c(-c8ccccc8)c8c(c(-c9ccccc9)c7n(c4c3)c56)c3cccc4c5ccc(N(c6ccccc6)c6cccc7c6oc6c(CC)cccc67)cc5n8c43)cccc12. The zero-order valence-electron chi connectivity index (χ0n) is 48.4. The number of furan rings is 2. The Hall–Kier alpha value is -11.3. The molecule has 0 unspecified atom stereocenters. The topological polar surface area (TPSA) is 41.6 Å². The average molecular weight is 1130 g/mol. The van der Waals surface area contributed by atoms with Crippen LogP contribution in [0.1, 0.15) is 25.0 Å². The van der Waals surface area contributed by atoms with Crippen molar-refractivity contribution in [3.8, 4) is 22.3 Å². The number of aromatic nitrogens is 2. The van der Waals surface area contributed by atoms with Gasteiger partial charge in [0.05, 0.1) is 44.5 Å². The zero-order valence-corrected chi connectivity index (χ0v) is 48.4. The number of rotatable bonds is 10. The maximum absolute atomic E-state index is 7.03. The maximum atomic E-state index is 7.03. The van der Waals surface area contributed by atoms with E-state index in [-0.39, 0.29) is 0 Å². The molecular weight excluding hydrogens is 1070 g/mol. The van der Waals surface area contributed by atoms with E-state index in [4.69, 9.17) is 8.83 Å². The molecule has 0 radical (unpaired) electrons. The summed E-state index contributed by atoms with van der Waals surface area (Å²) in [5, 5.41) is 14.2. The van der Waals surface area contributed by atoms with Crippen LogP contribution in [0.5, 0.6) is 0 Å². The lowest BCUT2D eigenvalue weighted by atomic mass is 9.89. The predicted molar refractivity (Wildman–Crippen MR) is 369 cm³/mol. The van der Waals surface area contributed by atoms with Gasteiger partial charge in [-0.3, -0.25) is 0 Å². The van der Waals surface area contributed by atoms with Crippen molar-refractivity contribution in [2.24, 2.45) is 0 Å². The lowest BCUT2D eigenvalue weighted by Crippen LogP contribution is -2.10. The van der Waals surface area contributed by atoms with Crippen molar-refractivity contribution in [1.82, 2.24) is 8.80 Å². The molecular formula is C82H54N4O2. The highest BCUT2D eigenvalue weighted by molar-refractivity contribution is 6.38. The fourth-order valence-electron chi connectivity index (χ4n) is 15.4. The molecule has 0 aliphatic carbocycles. The summed E-state index contributed by atoms with van der Waals surface area (Å²) < 4.78 is 19.3. The molecule has 414 valence electrons. The monoisotopic (exact) mass is 1130 g/mol. The van der Waals surface area contributed by atoms with Gasteiger partial charge in [0.2, 0.25) is 0 Å². The number of fused-ring (bicyclic) bond motifs is 18. The van der Waals surface area contributed by atoms with Crippen molar-refractivity contribution in [3.63, 3.8) is 0 Å². The Kier molecular flexibility index (Phi) is 10.3. The van der Waals surface area contributed by atoms with E-state index < -0.39 is 0 Å². The summed E-state index contributed by atoms with van der Waals surface area (Å²) in [5.41, 5.74) is 24.0. The first-order valence-corrected chi connectivity index (χ1v) is 30.7. The molecule has 0 bridgehead atoms. The molecule has 0 aliphatic heterocycles. The van der Waals surface area contributed by atoms with Gasteiger partial charge in [-0.25, -0.2) is 0 Å². The fourth-order valence-corrected chi connectivity index (χ4v) is 15.4. The van der Waals surface area contributed by atoms with E-state index in [9.17, 15) is 0 Å². The lowest BCUT2D eigenvalue weighted by Gasteiger charge is -2.25.